The molecular weight excluding hydrogens is 266 g/mol. The van der Waals surface area contributed by atoms with E-state index in [4.69, 9.17) is 5.73 Å². The van der Waals surface area contributed by atoms with Gasteiger partial charge in [-0.25, -0.2) is 4.79 Å². The third-order valence-electron chi connectivity index (χ3n) is 3.15. The highest BCUT2D eigenvalue weighted by Crippen LogP contribution is 2.26. The van der Waals surface area contributed by atoms with Gasteiger partial charge in [0.05, 0.1) is 24.0 Å². The largest absolute Gasteiger partial charge is 0.465 e. The smallest absolute Gasteiger partial charge is 0.337 e. The molecule has 108 valence electrons. The summed E-state index contributed by atoms with van der Waals surface area (Å²) in [7, 11) is 1.35. The number of hydrogen-bond acceptors (Lipinski definition) is 5. The van der Waals surface area contributed by atoms with Gasteiger partial charge in [0.25, 0.3) is 0 Å². The molecule has 0 unspecified atom stereocenters. The van der Waals surface area contributed by atoms with Crippen molar-refractivity contribution in [2.45, 2.75) is 13.8 Å². The molecule has 0 aromatic heterocycles. The fourth-order valence-corrected chi connectivity index (χ4v) is 1.82. The number of rotatable bonds is 3. The van der Waals surface area contributed by atoms with Gasteiger partial charge in [0.1, 0.15) is 0 Å². The maximum atomic E-state index is 11.3. The summed E-state index contributed by atoms with van der Waals surface area (Å²) in [6.45, 7) is 3.86. The third kappa shape index (κ3) is 3.45. The van der Waals surface area contributed by atoms with Gasteiger partial charge in [0, 0.05) is 5.69 Å². The molecule has 0 radical (unpaired) electrons. The molecule has 0 aliphatic carbocycles. The minimum absolute atomic E-state index is 0.372. The van der Waals surface area contributed by atoms with Crippen LogP contribution in [0.5, 0.6) is 0 Å². The highest BCUT2D eigenvalue weighted by molar-refractivity contribution is 5.89. The number of nitrogens with two attached hydrogens (primary N) is 1. The minimum Gasteiger partial charge on any atom is -0.465 e. The SMILES string of the molecule is COC(=O)c1ccc(/N=N/c2cc(C)c(N)cc2C)cc1. The number of azo groups is 1. The summed E-state index contributed by atoms with van der Waals surface area (Å²) < 4.78 is 4.64. The molecule has 0 saturated heterocycles. The van der Waals surface area contributed by atoms with Crippen molar-refractivity contribution in [1.82, 2.24) is 0 Å². The Morgan fingerprint density at radius 2 is 1.71 bits per heavy atom. The van der Waals surface area contributed by atoms with Gasteiger partial charge in [0.2, 0.25) is 0 Å². The second-order valence-electron chi connectivity index (χ2n) is 4.73. The van der Waals surface area contributed by atoms with Crippen LogP contribution in [0.25, 0.3) is 0 Å². The van der Waals surface area contributed by atoms with E-state index in [0.29, 0.717) is 11.3 Å². The van der Waals surface area contributed by atoms with Crippen LogP contribution in [0.15, 0.2) is 46.6 Å². The lowest BCUT2D eigenvalue weighted by atomic mass is 10.1. The summed E-state index contributed by atoms with van der Waals surface area (Å²) in [5, 5.41) is 8.39. The number of nitrogens with zero attached hydrogens (tertiary/aromatic N) is 2. The molecule has 0 atom stereocenters. The summed E-state index contributed by atoms with van der Waals surface area (Å²) in [5.41, 5.74) is 10.4. The van der Waals surface area contributed by atoms with E-state index in [2.05, 4.69) is 15.0 Å². The fraction of sp³-hybridized carbons (Fsp3) is 0.188. The van der Waals surface area contributed by atoms with Crippen molar-refractivity contribution in [1.29, 1.82) is 0 Å². The average molecular weight is 283 g/mol. The van der Waals surface area contributed by atoms with Gasteiger partial charge >= 0.3 is 5.97 Å². The van der Waals surface area contributed by atoms with Gasteiger partial charge in [0.15, 0.2) is 0 Å². The fourth-order valence-electron chi connectivity index (χ4n) is 1.82. The van der Waals surface area contributed by atoms with Crippen LogP contribution in [0, 0.1) is 13.8 Å². The number of anilines is 1. The number of esters is 1. The second-order valence-corrected chi connectivity index (χ2v) is 4.73. The van der Waals surface area contributed by atoms with Gasteiger partial charge in [-0.3, -0.25) is 0 Å². The van der Waals surface area contributed by atoms with Crippen molar-refractivity contribution in [3.05, 3.63) is 53.1 Å². The maximum Gasteiger partial charge on any atom is 0.337 e. The summed E-state index contributed by atoms with van der Waals surface area (Å²) in [5.74, 6) is -0.372. The Kier molecular flexibility index (Phi) is 4.33. The third-order valence-corrected chi connectivity index (χ3v) is 3.15. The van der Waals surface area contributed by atoms with Crippen LogP contribution in [-0.2, 0) is 4.74 Å². The van der Waals surface area contributed by atoms with Gasteiger partial charge < -0.3 is 10.5 Å². The highest BCUT2D eigenvalue weighted by Gasteiger charge is 2.04. The van der Waals surface area contributed by atoms with E-state index in [-0.39, 0.29) is 5.97 Å². The Morgan fingerprint density at radius 3 is 2.33 bits per heavy atom. The zero-order valence-electron chi connectivity index (χ0n) is 12.3. The molecule has 0 heterocycles. The number of carbonyl (C=O) groups excluding carboxylic acids is 1. The first kappa shape index (κ1) is 14.7. The van der Waals surface area contributed by atoms with E-state index in [1.807, 2.05) is 26.0 Å². The second kappa shape index (κ2) is 6.17. The molecule has 21 heavy (non-hydrogen) atoms. The van der Waals surface area contributed by atoms with E-state index in [1.54, 1.807) is 24.3 Å². The number of benzene rings is 2. The number of ether oxygens (including phenoxy) is 1. The van der Waals surface area contributed by atoms with E-state index in [1.165, 1.54) is 7.11 Å². The predicted molar refractivity (Wildman–Crippen MR) is 82.3 cm³/mol. The van der Waals surface area contributed by atoms with Crippen molar-refractivity contribution in [2.24, 2.45) is 10.2 Å². The molecule has 5 nitrogen and oxygen atoms in total. The average Bonchev–Trinajstić information content (AvgIpc) is 2.49. The van der Waals surface area contributed by atoms with E-state index >= 15 is 0 Å². The maximum absolute atomic E-state index is 11.3. The quantitative estimate of drug-likeness (QED) is 0.523. The number of methoxy groups -OCH3 is 1. The Bertz CT molecular complexity index is 691. The number of nitrogen functional groups attached to an aromatic ring is 1. The Hall–Kier alpha value is -2.69. The molecule has 0 aliphatic heterocycles. The molecule has 0 bridgehead atoms. The first-order valence-corrected chi connectivity index (χ1v) is 6.48. The van der Waals surface area contributed by atoms with Crippen molar-refractivity contribution in [2.75, 3.05) is 12.8 Å². The normalized spacial score (nSPS) is 10.8. The number of aryl methyl sites for hydroxylation is 2. The zero-order chi connectivity index (χ0) is 15.4. The van der Waals surface area contributed by atoms with Crippen molar-refractivity contribution in [3.63, 3.8) is 0 Å². The van der Waals surface area contributed by atoms with Gasteiger partial charge in [-0.15, -0.1) is 0 Å². The lowest BCUT2D eigenvalue weighted by Gasteiger charge is -2.04. The van der Waals surface area contributed by atoms with Crippen LogP contribution >= 0.6 is 0 Å². The summed E-state index contributed by atoms with van der Waals surface area (Å²) in [6.07, 6.45) is 0. The number of hydrogen-bond donors (Lipinski definition) is 1. The van der Waals surface area contributed by atoms with E-state index in [9.17, 15) is 4.79 Å². The molecule has 2 aromatic carbocycles. The molecule has 0 saturated carbocycles. The molecule has 2 aromatic rings. The molecule has 0 amide bonds. The van der Waals surface area contributed by atoms with Crippen LogP contribution in [-0.4, -0.2) is 13.1 Å². The van der Waals surface area contributed by atoms with Gasteiger partial charge in [-0.1, -0.05) is 0 Å². The van der Waals surface area contributed by atoms with Crippen LogP contribution in [0.4, 0.5) is 17.1 Å². The van der Waals surface area contributed by atoms with Crippen LogP contribution < -0.4 is 5.73 Å². The molecule has 2 N–H and O–H groups in total. The topological polar surface area (TPSA) is 77.0 Å². The van der Waals surface area contributed by atoms with Crippen molar-refractivity contribution in [3.8, 4) is 0 Å². The molecule has 0 aliphatic rings. The predicted octanol–water partition coefficient (Wildman–Crippen LogP) is 4.09. The van der Waals surface area contributed by atoms with Crippen molar-refractivity contribution < 1.29 is 9.53 Å². The van der Waals surface area contributed by atoms with Crippen LogP contribution in [0.2, 0.25) is 0 Å². The number of carbonyl (C=O) groups is 1. The standard InChI is InChI=1S/C16H17N3O2/c1-10-9-15(11(2)8-14(10)17)19-18-13-6-4-12(5-7-13)16(20)21-3/h4-9H,17H2,1-3H3/b19-18+. The van der Waals surface area contributed by atoms with Crippen LogP contribution in [0.1, 0.15) is 21.5 Å². The molecule has 0 fully saturated rings. The Labute approximate surface area is 123 Å². The molecule has 0 spiro atoms. The Morgan fingerprint density at radius 1 is 1.05 bits per heavy atom. The van der Waals surface area contributed by atoms with Gasteiger partial charge in [-0.2, -0.15) is 10.2 Å². The zero-order valence-corrected chi connectivity index (χ0v) is 12.3. The molecule has 5 heteroatoms. The lowest BCUT2D eigenvalue weighted by Crippen LogP contribution is -1.99. The lowest BCUT2D eigenvalue weighted by molar-refractivity contribution is 0.0601. The summed E-state index contributed by atoms with van der Waals surface area (Å²) >= 11 is 0. The first-order chi connectivity index (χ1) is 10.0. The summed E-state index contributed by atoms with van der Waals surface area (Å²) in [4.78, 5) is 11.3. The molecular formula is C16H17N3O2. The van der Waals surface area contributed by atoms with E-state index < -0.39 is 0 Å². The highest BCUT2D eigenvalue weighted by atomic mass is 16.5. The molecule has 2 rings (SSSR count). The van der Waals surface area contributed by atoms with Crippen molar-refractivity contribution >= 4 is 23.0 Å². The monoisotopic (exact) mass is 283 g/mol. The van der Waals surface area contributed by atoms with E-state index in [0.717, 1.165) is 22.5 Å². The first-order valence-electron chi connectivity index (χ1n) is 6.48. The summed E-state index contributed by atoms with van der Waals surface area (Å²) in [6, 6.07) is 10.5. The Balaban J connectivity index is 2.22. The van der Waals surface area contributed by atoms with Gasteiger partial charge in [-0.05, 0) is 61.4 Å². The van der Waals surface area contributed by atoms with Crippen LogP contribution in [0.3, 0.4) is 0 Å². The minimum atomic E-state index is -0.372.